The number of esters is 2. The summed E-state index contributed by atoms with van der Waals surface area (Å²) in [6, 6.07) is 10.4. The number of ether oxygens (including phenoxy) is 2. The minimum atomic E-state index is -0.636. The van der Waals surface area contributed by atoms with Gasteiger partial charge in [-0.25, -0.2) is 9.59 Å². The van der Waals surface area contributed by atoms with Crippen LogP contribution in [0.2, 0.25) is 5.02 Å². The quantitative estimate of drug-likeness (QED) is 0.859. The number of nitrogens with one attached hydrogen (secondary N) is 1. The van der Waals surface area contributed by atoms with Crippen LogP contribution in [0.5, 0.6) is 0 Å². The summed E-state index contributed by atoms with van der Waals surface area (Å²) in [7, 11) is 2.44. The van der Waals surface area contributed by atoms with Crippen LogP contribution < -0.4 is 5.32 Å². The zero-order chi connectivity index (χ0) is 17.7. The maximum atomic E-state index is 12.2. The molecular formula is C17H14ClNO5. The molecule has 0 atom stereocenters. The molecule has 1 amide bonds. The first-order valence-corrected chi connectivity index (χ1v) is 7.21. The van der Waals surface area contributed by atoms with Gasteiger partial charge >= 0.3 is 11.9 Å². The third-order valence-electron chi connectivity index (χ3n) is 3.14. The smallest absolute Gasteiger partial charge is 0.337 e. The average Bonchev–Trinajstić information content (AvgIpc) is 2.60. The highest BCUT2D eigenvalue weighted by molar-refractivity contribution is 6.30. The number of hydrogen-bond donors (Lipinski definition) is 1. The Morgan fingerprint density at radius 2 is 1.33 bits per heavy atom. The first-order valence-electron chi connectivity index (χ1n) is 6.83. The van der Waals surface area contributed by atoms with Crippen molar-refractivity contribution in [3.8, 4) is 0 Å². The van der Waals surface area contributed by atoms with Crippen LogP contribution in [0.4, 0.5) is 5.69 Å². The molecule has 7 heteroatoms. The lowest BCUT2D eigenvalue weighted by molar-refractivity contribution is 0.0599. The molecule has 0 aromatic heterocycles. The van der Waals surface area contributed by atoms with Gasteiger partial charge in [0.15, 0.2) is 0 Å². The van der Waals surface area contributed by atoms with E-state index in [9.17, 15) is 14.4 Å². The van der Waals surface area contributed by atoms with Gasteiger partial charge in [0.1, 0.15) is 0 Å². The molecule has 2 aromatic carbocycles. The first kappa shape index (κ1) is 17.5. The predicted octanol–water partition coefficient (Wildman–Crippen LogP) is 3.17. The standard InChI is InChI=1S/C17H14ClNO5/c1-23-16(21)11-7-12(17(22)24-2)9-14(8-11)19-15(20)10-3-5-13(18)6-4-10/h3-9H,1-2H3,(H,19,20). The highest BCUT2D eigenvalue weighted by Crippen LogP contribution is 2.18. The number of carbonyl (C=O) groups excluding carboxylic acids is 3. The summed E-state index contributed by atoms with van der Waals surface area (Å²) in [6.07, 6.45) is 0. The summed E-state index contributed by atoms with van der Waals surface area (Å²) in [5.41, 5.74) is 0.874. The summed E-state index contributed by atoms with van der Waals surface area (Å²) in [4.78, 5) is 35.7. The van der Waals surface area contributed by atoms with Crippen LogP contribution in [0, 0.1) is 0 Å². The molecule has 0 heterocycles. The Morgan fingerprint density at radius 3 is 1.79 bits per heavy atom. The van der Waals surface area contributed by atoms with E-state index in [2.05, 4.69) is 14.8 Å². The van der Waals surface area contributed by atoms with Crippen LogP contribution in [-0.2, 0) is 9.47 Å². The van der Waals surface area contributed by atoms with Gasteiger partial charge in [-0.1, -0.05) is 11.6 Å². The number of methoxy groups -OCH3 is 2. The molecule has 24 heavy (non-hydrogen) atoms. The summed E-state index contributed by atoms with van der Waals surface area (Å²) in [5, 5.41) is 3.13. The molecule has 0 bridgehead atoms. The lowest BCUT2D eigenvalue weighted by Crippen LogP contribution is -2.14. The Hall–Kier alpha value is -2.86. The van der Waals surface area contributed by atoms with E-state index < -0.39 is 17.8 Å². The van der Waals surface area contributed by atoms with Gasteiger partial charge in [0.25, 0.3) is 5.91 Å². The van der Waals surface area contributed by atoms with Gasteiger partial charge in [-0.2, -0.15) is 0 Å². The molecule has 124 valence electrons. The molecule has 0 aliphatic carbocycles. The van der Waals surface area contributed by atoms with Gasteiger partial charge in [-0.3, -0.25) is 4.79 Å². The Bertz CT molecular complexity index is 752. The van der Waals surface area contributed by atoms with E-state index in [0.29, 0.717) is 10.6 Å². The number of anilines is 1. The lowest BCUT2D eigenvalue weighted by atomic mass is 10.1. The highest BCUT2D eigenvalue weighted by Gasteiger charge is 2.15. The van der Waals surface area contributed by atoms with Crippen LogP contribution in [-0.4, -0.2) is 32.1 Å². The van der Waals surface area contributed by atoms with Gasteiger partial charge in [0.2, 0.25) is 0 Å². The van der Waals surface area contributed by atoms with Crippen LogP contribution in [0.3, 0.4) is 0 Å². The topological polar surface area (TPSA) is 81.7 Å². The maximum absolute atomic E-state index is 12.2. The van der Waals surface area contributed by atoms with Gasteiger partial charge in [0, 0.05) is 16.3 Å². The zero-order valence-corrected chi connectivity index (χ0v) is 13.7. The minimum Gasteiger partial charge on any atom is -0.465 e. The molecule has 2 aromatic rings. The third-order valence-corrected chi connectivity index (χ3v) is 3.39. The molecule has 0 aliphatic rings. The van der Waals surface area contributed by atoms with Crippen molar-refractivity contribution in [2.24, 2.45) is 0 Å². The van der Waals surface area contributed by atoms with Crippen LogP contribution in [0.15, 0.2) is 42.5 Å². The van der Waals surface area contributed by atoms with Crippen molar-refractivity contribution in [1.29, 1.82) is 0 Å². The molecule has 0 radical (unpaired) electrons. The van der Waals surface area contributed by atoms with E-state index in [1.54, 1.807) is 24.3 Å². The summed E-state index contributed by atoms with van der Waals surface area (Å²) < 4.78 is 9.29. The van der Waals surface area contributed by atoms with Crippen molar-refractivity contribution < 1.29 is 23.9 Å². The largest absolute Gasteiger partial charge is 0.465 e. The number of benzene rings is 2. The number of carbonyl (C=O) groups is 3. The fourth-order valence-electron chi connectivity index (χ4n) is 1.98. The van der Waals surface area contributed by atoms with E-state index in [4.69, 9.17) is 11.6 Å². The Morgan fingerprint density at radius 1 is 0.833 bits per heavy atom. The third kappa shape index (κ3) is 4.11. The Balaban J connectivity index is 2.34. The number of rotatable bonds is 4. The Labute approximate surface area is 143 Å². The SMILES string of the molecule is COC(=O)c1cc(NC(=O)c2ccc(Cl)cc2)cc(C(=O)OC)c1. The molecule has 0 aliphatic heterocycles. The van der Waals surface area contributed by atoms with Crippen molar-refractivity contribution >= 4 is 35.1 Å². The van der Waals surface area contributed by atoms with Crippen molar-refractivity contribution in [3.63, 3.8) is 0 Å². The van der Waals surface area contributed by atoms with Gasteiger partial charge in [-0.15, -0.1) is 0 Å². The molecule has 0 unspecified atom stereocenters. The van der Waals surface area contributed by atoms with E-state index in [1.165, 1.54) is 32.4 Å². The fourth-order valence-corrected chi connectivity index (χ4v) is 2.10. The molecule has 0 spiro atoms. The number of amides is 1. The fraction of sp³-hybridized carbons (Fsp3) is 0.118. The normalized spacial score (nSPS) is 9.96. The minimum absolute atomic E-state index is 0.117. The van der Waals surface area contributed by atoms with Gasteiger partial charge in [0.05, 0.1) is 25.3 Å². The van der Waals surface area contributed by atoms with Crippen molar-refractivity contribution in [1.82, 2.24) is 0 Å². The van der Waals surface area contributed by atoms with Gasteiger partial charge in [-0.05, 0) is 42.5 Å². The molecule has 6 nitrogen and oxygen atoms in total. The monoisotopic (exact) mass is 347 g/mol. The van der Waals surface area contributed by atoms with E-state index >= 15 is 0 Å². The second-order valence-electron chi connectivity index (χ2n) is 4.74. The highest BCUT2D eigenvalue weighted by atomic mass is 35.5. The maximum Gasteiger partial charge on any atom is 0.337 e. The van der Waals surface area contributed by atoms with E-state index in [-0.39, 0.29) is 16.8 Å². The average molecular weight is 348 g/mol. The van der Waals surface area contributed by atoms with Gasteiger partial charge < -0.3 is 14.8 Å². The van der Waals surface area contributed by atoms with Crippen LogP contribution in [0.25, 0.3) is 0 Å². The summed E-state index contributed by atoms with van der Waals surface area (Å²) >= 11 is 5.79. The van der Waals surface area contributed by atoms with Crippen LogP contribution in [0.1, 0.15) is 31.1 Å². The number of hydrogen-bond acceptors (Lipinski definition) is 5. The zero-order valence-electron chi connectivity index (χ0n) is 13.0. The van der Waals surface area contributed by atoms with E-state index in [1.807, 2.05) is 0 Å². The van der Waals surface area contributed by atoms with Crippen molar-refractivity contribution in [2.75, 3.05) is 19.5 Å². The molecule has 0 saturated carbocycles. The summed E-state index contributed by atoms with van der Waals surface area (Å²) in [6.45, 7) is 0. The molecule has 0 saturated heterocycles. The second-order valence-corrected chi connectivity index (χ2v) is 5.18. The Kier molecular flexibility index (Phi) is 5.55. The molecule has 0 fully saturated rings. The molecule has 1 N–H and O–H groups in total. The second kappa shape index (κ2) is 7.61. The number of halogens is 1. The first-order chi connectivity index (χ1) is 11.4. The van der Waals surface area contributed by atoms with Crippen LogP contribution >= 0.6 is 11.6 Å². The van der Waals surface area contributed by atoms with E-state index in [0.717, 1.165) is 0 Å². The summed E-state index contributed by atoms with van der Waals surface area (Å²) in [5.74, 6) is -1.69. The molecular weight excluding hydrogens is 334 g/mol. The molecule has 2 rings (SSSR count). The van der Waals surface area contributed by atoms with Crippen molar-refractivity contribution in [3.05, 3.63) is 64.2 Å². The lowest BCUT2D eigenvalue weighted by Gasteiger charge is -2.09. The predicted molar refractivity (Wildman–Crippen MR) is 88.5 cm³/mol. The van der Waals surface area contributed by atoms with Crippen molar-refractivity contribution in [2.45, 2.75) is 0 Å².